The predicted octanol–water partition coefficient (Wildman–Crippen LogP) is 3.42. The van der Waals surface area contributed by atoms with Gasteiger partial charge in [0.05, 0.1) is 0 Å². The van der Waals surface area contributed by atoms with E-state index < -0.39 is 0 Å². The van der Waals surface area contributed by atoms with Gasteiger partial charge >= 0.3 is 0 Å². The minimum Gasteiger partial charge on any atom is -0.473 e. The zero-order chi connectivity index (χ0) is 10.5. The van der Waals surface area contributed by atoms with Gasteiger partial charge in [0, 0.05) is 16.7 Å². The molecule has 0 radical (unpaired) electrons. The Morgan fingerprint density at radius 3 is 2.80 bits per heavy atom. The number of hydrogen-bond acceptors (Lipinski definition) is 2. The van der Waals surface area contributed by atoms with Gasteiger partial charge in [-0.1, -0.05) is 34.1 Å². The number of hydrogen-bond donors (Lipinski definition) is 0. The van der Waals surface area contributed by atoms with Crippen LogP contribution in [0, 0.1) is 0 Å². The Bertz CT molecular complexity index is 431. The molecule has 2 rings (SSSR count). The van der Waals surface area contributed by atoms with E-state index in [-0.39, 0.29) is 0 Å². The minimum atomic E-state index is 0.538. The Hall–Kier alpha value is -1.35. The fourth-order valence-electron chi connectivity index (χ4n) is 1.22. The second-order valence-electron chi connectivity index (χ2n) is 3.09. The highest BCUT2D eigenvalue weighted by Gasteiger charge is 1.96. The summed E-state index contributed by atoms with van der Waals surface area (Å²) in [5.41, 5.74) is 1.12. The van der Waals surface area contributed by atoms with E-state index in [0.29, 0.717) is 12.5 Å². The van der Waals surface area contributed by atoms with Crippen LogP contribution in [0.5, 0.6) is 5.88 Å². The van der Waals surface area contributed by atoms with Crippen LogP contribution < -0.4 is 4.74 Å². The lowest BCUT2D eigenvalue weighted by Gasteiger charge is -2.04. The van der Waals surface area contributed by atoms with Crippen LogP contribution in [0.2, 0.25) is 0 Å². The summed E-state index contributed by atoms with van der Waals surface area (Å²) in [4.78, 5) is 4.08. The molecule has 15 heavy (non-hydrogen) atoms. The van der Waals surface area contributed by atoms with Crippen molar-refractivity contribution in [3.05, 3.63) is 58.7 Å². The van der Waals surface area contributed by atoms with Gasteiger partial charge in [-0.2, -0.15) is 0 Å². The quantitative estimate of drug-likeness (QED) is 0.847. The zero-order valence-electron chi connectivity index (χ0n) is 8.06. The maximum absolute atomic E-state index is 5.52. The van der Waals surface area contributed by atoms with Crippen LogP contribution in [-0.4, -0.2) is 4.98 Å². The fourth-order valence-corrected chi connectivity index (χ4v) is 1.66. The van der Waals surface area contributed by atoms with Gasteiger partial charge in [0.1, 0.15) is 6.61 Å². The van der Waals surface area contributed by atoms with Crippen LogP contribution in [0.3, 0.4) is 0 Å². The first-order valence-electron chi connectivity index (χ1n) is 4.63. The van der Waals surface area contributed by atoms with E-state index in [4.69, 9.17) is 4.74 Å². The zero-order valence-corrected chi connectivity index (χ0v) is 9.65. The molecule has 0 N–H and O–H groups in total. The van der Waals surface area contributed by atoms with Crippen molar-refractivity contribution in [2.75, 3.05) is 0 Å². The van der Waals surface area contributed by atoms with E-state index in [1.807, 2.05) is 42.5 Å². The van der Waals surface area contributed by atoms with Gasteiger partial charge in [-0.15, -0.1) is 0 Å². The predicted molar refractivity (Wildman–Crippen MR) is 62.7 cm³/mol. The first-order valence-corrected chi connectivity index (χ1v) is 5.42. The third kappa shape index (κ3) is 3.06. The van der Waals surface area contributed by atoms with E-state index >= 15 is 0 Å². The maximum Gasteiger partial charge on any atom is 0.213 e. The van der Waals surface area contributed by atoms with Crippen LogP contribution in [0.4, 0.5) is 0 Å². The monoisotopic (exact) mass is 263 g/mol. The average molecular weight is 264 g/mol. The SMILES string of the molecule is Brc1cccc(COc2ccccn2)c1. The van der Waals surface area contributed by atoms with Crippen LogP contribution in [0.15, 0.2) is 53.1 Å². The topological polar surface area (TPSA) is 22.1 Å². The van der Waals surface area contributed by atoms with Crippen molar-refractivity contribution in [3.8, 4) is 5.88 Å². The summed E-state index contributed by atoms with van der Waals surface area (Å²) in [7, 11) is 0. The van der Waals surface area contributed by atoms with Crippen molar-refractivity contribution in [3.63, 3.8) is 0 Å². The van der Waals surface area contributed by atoms with Gasteiger partial charge in [-0.3, -0.25) is 0 Å². The molecular formula is C12H10BrNO. The summed E-state index contributed by atoms with van der Waals surface area (Å²) in [6.45, 7) is 0.538. The van der Waals surface area contributed by atoms with Gasteiger partial charge < -0.3 is 4.74 Å². The summed E-state index contributed by atoms with van der Waals surface area (Å²) in [5, 5.41) is 0. The molecule has 1 heterocycles. The molecule has 0 amide bonds. The Morgan fingerprint density at radius 1 is 1.13 bits per heavy atom. The van der Waals surface area contributed by atoms with Crippen molar-refractivity contribution in [2.24, 2.45) is 0 Å². The normalized spacial score (nSPS) is 9.93. The molecular weight excluding hydrogens is 254 g/mol. The second-order valence-corrected chi connectivity index (χ2v) is 4.00. The van der Waals surface area contributed by atoms with Crippen LogP contribution in [-0.2, 0) is 6.61 Å². The molecule has 0 fully saturated rings. The second kappa shape index (κ2) is 4.94. The van der Waals surface area contributed by atoms with Crippen LogP contribution in [0.1, 0.15) is 5.56 Å². The fraction of sp³-hybridized carbons (Fsp3) is 0.0833. The van der Waals surface area contributed by atoms with Crippen molar-refractivity contribution in [1.82, 2.24) is 4.98 Å². The molecule has 0 atom stereocenters. The molecule has 0 unspecified atom stereocenters. The molecule has 3 heteroatoms. The van der Waals surface area contributed by atoms with E-state index in [9.17, 15) is 0 Å². The Kier molecular flexibility index (Phi) is 3.35. The Labute approximate surface area is 97.1 Å². The average Bonchev–Trinajstić information content (AvgIpc) is 2.28. The molecule has 0 bridgehead atoms. The molecule has 1 aromatic heterocycles. The standard InChI is InChI=1S/C12H10BrNO/c13-11-5-3-4-10(8-11)9-15-12-6-1-2-7-14-12/h1-8H,9H2. The van der Waals surface area contributed by atoms with Gasteiger partial charge in [0.15, 0.2) is 0 Å². The molecule has 76 valence electrons. The first-order chi connectivity index (χ1) is 7.34. The molecule has 0 saturated carbocycles. The number of halogens is 1. The lowest BCUT2D eigenvalue weighted by atomic mass is 10.2. The number of ether oxygens (including phenoxy) is 1. The van der Waals surface area contributed by atoms with Gasteiger partial charge in [-0.05, 0) is 23.8 Å². The summed E-state index contributed by atoms with van der Waals surface area (Å²) < 4.78 is 6.57. The number of benzene rings is 1. The van der Waals surface area contributed by atoms with Gasteiger partial charge in [0.25, 0.3) is 0 Å². The lowest BCUT2D eigenvalue weighted by Crippen LogP contribution is -1.96. The Balaban J connectivity index is 1.99. The number of nitrogens with zero attached hydrogens (tertiary/aromatic N) is 1. The van der Waals surface area contributed by atoms with Gasteiger partial charge in [0.2, 0.25) is 5.88 Å². The number of aromatic nitrogens is 1. The maximum atomic E-state index is 5.52. The number of pyridine rings is 1. The van der Waals surface area contributed by atoms with Gasteiger partial charge in [-0.25, -0.2) is 4.98 Å². The highest BCUT2D eigenvalue weighted by atomic mass is 79.9. The van der Waals surface area contributed by atoms with Crippen LogP contribution >= 0.6 is 15.9 Å². The molecule has 2 aromatic rings. The smallest absolute Gasteiger partial charge is 0.213 e. The first kappa shape index (κ1) is 10.2. The van der Waals surface area contributed by atoms with E-state index in [1.165, 1.54) is 0 Å². The molecule has 1 aromatic carbocycles. The summed E-state index contributed by atoms with van der Waals surface area (Å²) in [6, 6.07) is 13.6. The molecule has 0 aliphatic carbocycles. The van der Waals surface area contributed by atoms with E-state index in [1.54, 1.807) is 6.20 Å². The lowest BCUT2D eigenvalue weighted by molar-refractivity contribution is 0.294. The largest absolute Gasteiger partial charge is 0.473 e. The summed E-state index contributed by atoms with van der Waals surface area (Å²) >= 11 is 3.42. The van der Waals surface area contributed by atoms with Crippen molar-refractivity contribution < 1.29 is 4.74 Å². The Morgan fingerprint density at radius 2 is 2.07 bits per heavy atom. The summed E-state index contributed by atoms with van der Waals surface area (Å²) in [6.07, 6.45) is 1.72. The highest BCUT2D eigenvalue weighted by Crippen LogP contribution is 2.13. The number of rotatable bonds is 3. The molecule has 2 nitrogen and oxygen atoms in total. The molecule has 0 saturated heterocycles. The highest BCUT2D eigenvalue weighted by molar-refractivity contribution is 9.10. The summed E-state index contributed by atoms with van der Waals surface area (Å²) in [5.74, 6) is 0.650. The van der Waals surface area contributed by atoms with Crippen LogP contribution in [0.25, 0.3) is 0 Å². The van der Waals surface area contributed by atoms with Crippen molar-refractivity contribution in [2.45, 2.75) is 6.61 Å². The third-order valence-electron chi connectivity index (χ3n) is 1.91. The van der Waals surface area contributed by atoms with Crippen molar-refractivity contribution >= 4 is 15.9 Å². The van der Waals surface area contributed by atoms with E-state index in [2.05, 4.69) is 20.9 Å². The third-order valence-corrected chi connectivity index (χ3v) is 2.41. The van der Waals surface area contributed by atoms with E-state index in [0.717, 1.165) is 10.0 Å². The molecule has 0 aliphatic rings. The van der Waals surface area contributed by atoms with Crippen molar-refractivity contribution in [1.29, 1.82) is 0 Å². The minimum absolute atomic E-state index is 0.538. The molecule has 0 aliphatic heterocycles. The molecule has 0 spiro atoms.